The third-order valence-electron chi connectivity index (χ3n) is 0. The Hall–Kier alpha value is 0.587. The van der Waals surface area contributed by atoms with Gasteiger partial charge in [0.15, 0.2) is 0 Å². The summed E-state index contributed by atoms with van der Waals surface area (Å²) in [5.41, 5.74) is 0. The monoisotopic (exact) mass is 228 g/mol. The molecular weight excluding hydrogens is 225 g/mol. The minimum absolute atomic E-state index is 0. The molecule has 0 saturated carbocycles. The molecule has 0 saturated heterocycles. The first-order valence-corrected chi connectivity index (χ1v) is 5.26. The summed E-state index contributed by atoms with van der Waals surface area (Å²) in [5, 5.41) is 0. The van der Waals surface area contributed by atoms with Gasteiger partial charge in [0, 0.05) is 6.26 Å². The smallest absolute Gasteiger partial charge is 1.00 e. The van der Waals surface area contributed by atoms with Gasteiger partial charge in [0.2, 0.25) is 0 Å². The average molecular weight is 228 g/mol. The van der Waals surface area contributed by atoms with Crippen LogP contribution in [0.25, 0.3) is 0 Å². The van der Waals surface area contributed by atoms with Crippen LogP contribution in [0.4, 0.5) is 21.0 Å². The Morgan fingerprint density at radius 1 is 1.08 bits per heavy atom. The first-order valence-electron chi connectivity index (χ1n) is 1.75. The molecule has 0 N–H and O–H groups in total. The first kappa shape index (κ1) is 18.4. The topological polar surface area (TPSA) is 57.2 Å². The van der Waals surface area contributed by atoms with Crippen molar-refractivity contribution >= 4 is 18.3 Å². The van der Waals surface area contributed by atoms with Gasteiger partial charge in [-0.05, 0) is 0 Å². The molecule has 0 radical (unpaired) electrons. The van der Waals surface area contributed by atoms with E-state index < -0.39 is 18.3 Å². The molecule has 12 heavy (non-hydrogen) atoms. The Labute approximate surface area is 77.8 Å². The minimum Gasteiger partial charge on any atom is 1.00 e. The Morgan fingerprint density at radius 2 is 1.08 bits per heavy atom. The van der Waals surface area contributed by atoms with Gasteiger partial charge in [-0.25, -0.2) is 8.42 Å². The molecule has 0 aromatic heterocycles. The Balaban J connectivity index is -0.000000126. The van der Waals surface area contributed by atoms with Crippen molar-refractivity contribution in [1.29, 1.82) is 0 Å². The van der Waals surface area contributed by atoms with Gasteiger partial charge >= 0.3 is 48.0 Å². The van der Waals surface area contributed by atoms with Crippen LogP contribution in [0.5, 0.6) is 0 Å². The van der Waals surface area contributed by atoms with Crippen LogP contribution in [-0.4, -0.2) is 19.2 Å². The molecular formula is CH3F5LiO3PS. The van der Waals surface area contributed by atoms with Crippen molar-refractivity contribution in [2.24, 2.45) is 0 Å². The zero-order valence-electron chi connectivity index (χ0n) is 5.97. The summed E-state index contributed by atoms with van der Waals surface area (Å²) in [6.07, 6.45) is 0.604. The van der Waals surface area contributed by atoms with E-state index in [2.05, 4.69) is 0 Å². The Kier molecular flexibility index (Phi) is 7.23. The van der Waals surface area contributed by atoms with E-state index in [1.54, 1.807) is 0 Å². The summed E-state index contributed by atoms with van der Waals surface area (Å²) in [6, 6.07) is 0. The van der Waals surface area contributed by atoms with Gasteiger partial charge in [0.25, 0.3) is 0 Å². The second-order valence-corrected chi connectivity index (χ2v) is 4.03. The predicted octanol–water partition coefficient (Wildman–Crippen LogP) is -0.872. The fourth-order valence-corrected chi connectivity index (χ4v) is 0. The van der Waals surface area contributed by atoms with E-state index in [9.17, 15) is 21.0 Å². The van der Waals surface area contributed by atoms with Gasteiger partial charge in [-0.3, -0.25) is 0 Å². The average Bonchev–Trinajstić information content (AvgIpc) is 1.07. The zero-order chi connectivity index (χ0) is 9.95. The van der Waals surface area contributed by atoms with Gasteiger partial charge in [-0.15, -0.1) is 0 Å². The van der Waals surface area contributed by atoms with E-state index >= 15 is 0 Å². The van der Waals surface area contributed by atoms with Crippen LogP contribution in [0.15, 0.2) is 0 Å². The molecule has 0 aromatic carbocycles. The molecule has 0 aliphatic carbocycles. The second kappa shape index (κ2) is 4.72. The largest absolute Gasteiger partial charge is 1.00 e. The number of hydrogen-bond acceptors (Lipinski definition) is 3. The number of rotatable bonds is 0. The molecule has 0 atom stereocenters. The summed E-state index contributed by atoms with van der Waals surface area (Å²) < 4.78 is 76.4. The quantitative estimate of drug-likeness (QED) is 0.234. The number of hydrogen-bond donors (Lipinski definition) is 0. The molecule has 0 rings (SSSR count). The van der Waals surface area contributed by atoms with Crippen molar-refractivity contribution in [1.82, 2.24) is 0 Å². The minimum atomic E-state index is -8.55. The van der Waals surface area contributed by atoms with Crippen LogP contribution >= 0.6 is 8.16 Å². The van der Waals surface area contributed by atoms with Crippen LogP contribution < -0.4 is 18.9 Å². The molecule has 0 fully saturated rings. The molecule has 0 amide bonds. The van der Waals surface area contributed by atoms with Crippen LogP contribution in [0.3, 0.4) is 0 Å². The van der Waals surface area contributed by atoms with Gasteiger partial charge in [0.1, 0.15) is 0 Å². The second-order valence-electron chi connectivity index (χ2n) is 1.34. The summed E-state index contributed by atoms with van der Waals surface area (Å²) in [5.74, 6) is 0. The van der Waals surface area contributed by atoms with Crippen LogP contribution in [0, 0.1) is 0 Å². The summed E-state index contributed by atoms with van der Waals surface area (Å²) in [7, 11) is -12.5. The SMILES string of the molecule is CS(=O)(=O)[O-].FP(F)(F)(F)F.[Li+]. The molecule has 0 aliphatic rings. The van der Waals surface area contributed by atoms with Crippen LogP contribution in [-0.2, 0) is 10.1 Å². The van der Waals surface area contributed by atoms with E-state index in [1.165, 1.54) is 0 Å². The first-order chi connectivity index (χ1) is 4.24. The predicted molar refractivity (Wildman–Crippen MR) is 28.1 cm³/mol. The van der Waals surface area contributed by atoms with E-state index in [-0.39, 0.29) is 18.9 Å². The molecule has 0 unspecified atom stereocenters. The third-order valence-corrected chi connectivity index (χ3v) is 0. The van der Waals surface area contributed by atoms with Crippen LogP contribution in [0.2, 0.25) is 0 Å². The van der Waals surface area contributed by atoms with Gasteiger partial charge in [0.05, 0.1) is 10.1 Å². The maximum absolute atomic E-state index is 9.84. The van der Waals surface area contributed by atoms with E-state index in [0.717, 1.165) is 0 Å². The summed E-state index contributed by atoms with van der Waals surface area (Å²) in [4.78, 5) is 0. The van der Waals surface area contributed by atoms with Crippen molar-refractivity contribution in [3.8, 4) is 0 Å². The number of halogens is 5. The normalized spacial score (nSPS) is 14.4. The maximum Gasteiger partial charge on any atom is 1.00 e. The Bertz CT molecular complexity index is 192. The molecule has 3 nitrogen and oxygen atoms in total. The third kappa shape index (κ3) is 2820. The van der Waals surface area contributed by atoms with Gasteiger partial charge < -0.3 is 4.55 Å². The molecule has 72 valence electrons. The summed E-state index contributed by atoms with van der Waals surface area (Å²) >= 11 is 0. The van der Waals surface area contributed by atoms with Gasteiger partial charge in [-0.2, -0.15) is 0 Å². The van der Waals surface area contributed by atoms with Crippen LogP contribution in [0.1, 0.15) is 0 Å². The van der Waals surface area contributed by atoms with E-state index in [1.807, 2.05) is 0 Å². The van der Waals surface area contributed by atoms with Gasteiger partial charge in [-0.1, -0.05) is 0 Å². The van der Waals surface area contributed by atoms with Crippen molar-refractivity contribution in [2.45, 2.75) is 0 Å². The molecule has 0 bridgehead atoms. The van der Waals surface area contributed by atoms with E-state index in [0.29, 0.717) is 6.26 Å². The summed E-state index contributed by atoms with van der Waals surface area (Å²) in [6.45, 7) is 0. The van der Waals surface area contributed by atoms with E-state index in [4.69, 9.17) is 13.0 Å². The molecule has 0 spiro atoms. The molecule has 0 aromatic rings. The fourth-order valence-electron chi connectivity index (χ4n) is 0. The Morgan fingerprint density at radius 3 is 1.08 bits per heavy atom. The molecule has 11 heteroatoms. The molecule has 0 heterocycles. The maximum atomic E-state index is 9.84. The van der Waals surface area contributed by atoms with Crippen molar-refractivity contribution in [3.05, 3.63) is 0 Å². The fraction of sp³-hybridized carbons (Fsp3) is 1.00. The zero-order valence-corrected chi connectivity index (χ0v) is 7.68. The van der Waals surface area contributed by atoms with Crippen molar-refractivity contribution in [2.75, 3.05) is 6.26 Å². The standard InChI is InChI=1S/CH4O3S.F5P.Li/c1-5(2,3)4;1-6(2,3,4)5;/h1H3,(H,2,3,4);;/q;;+1/p-1. The van der Waals surface area contributed by atoms with Crippen molar-refractivity contribution in [3.63, 3.8) is 0 Å². The molecule has 0 aliphatic heterocycles. The van der Waals surface area contributed by atoms with Crippen molar-refractivity contribution < 1.29 is 52.8 Å².